The molecular formula is C12H7Cl2N3O4. The van der Waals surface area contributed by atoms with Gasteiger partial charge in [0.25, 0.3) is 11.6 Å². The Hall–Kier alpha value is -2.38. The summed E-state index contributed by atoms with van der Waals surface area (Å²) in [5, 5.41) is 22.5. The first-order chi connectivity index (χ1) is 9.88. The average Bonchev–Trinajstić information content (AvgIpc) is 2.40. The van der Waals surface area contributed by atoms with Crippen LogP contribution in [0.25, 0.3) is 0 Å². The van der Waals surface area contributed by atoms with E-state index in [1.54, 1.807) is 0 Å². The maximum Gasteiger partial charge on any atom is 0.296 e. The Bertz CT molecular complexity index is 736. The van der Waals surface area contributed by atoms with Gasteiger partial charge in [-0.15, -0.1) is 0 Å². The Kier molecular flexibility index (Phi) is 4.25. The molecule has 0 saturated carbocycles. The third-order valence-corrected chi connectivity index (χ3v) is 2.98. The quantitative estimate of drug-likeness (QED) is 0.389. The topological polar surface area (TPSA) is 105 Å². The van der Waals surface area contributed by atoms with Crippen molar-refractivity contribution in [3.05, 3.63) is 56.3 Å². The Balaban J connectivity index is 2.34. The molecular weight excluding hydrogens is 321 g/mol. The van der Waals surface area contributed by atoms with Crippen molar-refractivity contribution in [3.8, 4) is 5.75 Å². The number of amides is 1. The Morgan fingerprint density at radius 3 is 2.62 bits per heavy atom. The molecule has 0 spiro atoms. The number of carbonyl (C=O) groups excluding carboxylic acids is 1. The number of pyridine rings is 1. The minimum absolute atomic E-state index is 0.0171. The summed E-state index contributed by atoms with van der Waals surface area (Å²) in [6.45, 7) is 0. The van der Waals surface area contributed by atoms with Gasteiger partial charge in [-0.05, 0) is 24.3 Å². The van der Waals surface area contributed by atoms with Gasteiger partial charge in [-0.3, -0.25) is 14.9 Å². The van der Waals surface area contributed by atoms with Crippen molar-refractivity contribution in [1.29, 1.82) is 0 Å². The first kappa shape index (κ1) is 15.0. The number of nitrogens with one attached hydrogen (secondary N) is 1. The zero-order valence-electron chi connectivity index (χ0n) is 10.2. The molecule has 1 aromatic heterocycles. The minimum atomic E-state index is -0.725. The number of aromatic hydroxyl groups is 1. The number of phenols is 1. The highest BCUT2D eigenvalue weighted by molar-refractivity contribution is 6.35. The van der Waals surface area contributed by atoms with Crippen molar-refractivity contribution in [1.82, 2.24) is 4.98 Å². The van der Waals surface area contributed by atoms with E-state index < -0.39 is 16.5 Å². The van der Waals surface area contributed by atoms with E-state index >= 15 is 0 Å². The molecule has 1 aromatic carbocycles. The lowest BCUT2D eigenvalue weighted by atomic mass is 10.2. The summed E-state index contributed by atoms with van der Waals surface area (Å²) in [4.78, 5) is 25.9. The molecule has 21 heavy (non-hydrogen) atoms. The number of nitro groups is 1. The van der Waals surface area contributed by atoms with Gasteiger partial charge in [0.2, 0.25) is 0 Å². The third-order valence-electron chi connectivity index (χ3n) is 2.49. The van der Waals surface area contributed by atoms with Crippen LogP contribution in [-0.4, -0.2) is 20.9 Å². The fourth-order valence-electron chi connectivity index (χ4n) is 1.55. The molecule has 1 heterocycles. The van der Waals surface area contributed by atoms with Gasteiger partial charge in [0.05, 0.1) is 16.6 Å². The number of nitro benzene ring substituents is 1. The minimum Gasteiger partial charge on any atom is -0.508 e. The summed E-state index contributed by atoms with van der Waals surface area (Å²) in [6, 6.07) is 6.07. The summed E-state index contributed by atoms with van der Waals surface area (Å²) < 4.78 is 0. The van der Waals surface area contributed by atoms with Crippen molar-refractivity contribution in [2.24, 2.45) is 0 Å². The lowest BCUT2D eigenvalue weighted by molar-refractivity contribution is -0.384. The molecule has 0 fully saturated rings. The highest BCUT2D eigenvalue weighted by Crippen LogP contribution is 2.29. The van der Waals surface area contributed by atoms with Gasteiger partial charge < -0.3 is 10.4 Å². The number of carbonyl (C=O) groups is 1. The molecule has 0 unspecified atom stereocenters. The lowest BCUT2D eigenvalue weighted by Gasteiger charge is -2.07. The average molecular weight is 328 g/mol. The highest BCUT2D eigenvalue weighted by atomic mass is 35.5. The van der Waals surface area contributed by atoms with Gasteiger partial charge in [-0.1, -0.05) is 23.2 Å². The molecule has 1 amide bonds. The molecule has 9 heteroatoms. The van der Waals surface area contributed by atoms with Gasteiger partial charge in [-0.2, -0.15) is 0 Å². The SMILES string of the molecule is O=C(Nc1ccc(O)cc1[N+](=O)[O-])c1ccc(Cl)nc1Cl. The number of halogens is 2. The first-order valence-electron chi connectivity index (χ1n) is 5.49. The van der Waals surface area contributed by atoms with Crippen LogP contribution in [0.5, 0.6) is 5.75 Å². The Labute approximate surface area is 128 Å². The molecule has 0 aliphatic rings. The third kappa shape index (κ3) is 3.39. The van der Waals surface area contributed by atoms with Crippen LogP contribution >= 0.6 is 23.2 Å². The number of hydrogen-bond acceptors (Lipinski definition) is 5. The van der Waals surface area contributed by atoms with Gasteiger partial charge in [-0.25, -0.2) is 4.98 Å². The second-order valence-electron chi connectivity index (χ2n) is 3.89. The number of nitrogens with zero attached hydrogens (tertiary/aromatic N) is 2. The fraction of sp³-hybridized carbons (Fsp3) is 0. The zero-order chi connectivity index (χ0) is 15.6. The van der Waals surface area contributed by atoms with Crippen LogP contribution in [0.2, 0.25) is 10.3 Å². The van der Waals surface area contributed by atoms with Crippen LogP contribution in [0.1, 0.15) is 10.4 Å². The summed E-state index contributed by atoms with van der Waals surface area (Å²) in [7, 11) is 0. The summed E-state index contributed by atoms with van der Waals surface area (Å²) in [5.74, 6) is -0.969. The molecule has 7 nitrogen and oxygen atoms in total. The predicted octanol–water partition coefficient (Wildman–Crippen LogP) is 3.25. The zero-order valence-corrected chi connectivity index (χ0v) is 11.7. The monoisotopic (exact) mass is 327 g/mol. The van der Waals surface area contributed by atoms with Crippen LogP contribution < -0.4 is 5.32 Å². The number of aromatic nitrogens is 1. The van der Waals surface area contributed by atoms with Crippen LogP contribution in [0, 0.1) is 10.1 Å². The van der Waals surface area contributed by atoms with Crippen molar-refractivity contribution in [3.63, 3.8) is 0 Å². The number of benzene rings is 1. The number of rotatable bonds is 3. The second kappa shape index (κ2) is 5.94. The van der Waals surface area contributed by atoms with E-state index in [0.717, 1.165) is 6.07 Å². The molecule has 2 rings (SSSR count). The van der Waals surface area contributed by atoms with Crippen molar-refractivity contribution in [2.75, 3.05) is 5.32 Å². The van der Waals surface area contributed by atoms with E-state index in [4.69, 9.17) is 23.2 Å². The number of hydrogen-bond donors (Lipinski definition) is 2. The second-order valence-corrected chi connectivity index (χ2v) is 4.63. The molecule has 0 aliphatic carbocycles. The van der Waals surface area contributed by atoms with E-state index in [9.17, 15) is 20.0 Å². The van der Waals surface area contributed by atoms with Crippen LogP contribution in [-0.2, 0) is 0 Å². The van der Waals surface area contributed by atoms with Gasteiger partial charge in [0.1, 0.15) is 21.7 Å². The normalized spacial score (nSPS) is 10.2. The molecule has 0 aliphatic heterocycles. The van der Waals surface area contributed by atoms with Crippen LogP contribution in [0.3, 0.4) is 0 Å². The van der Waals surface area contributed by atoms with Crippen molar-refractivity contribution >= 4 is 40.5 Å². The largest absolute Gasteiger partial charge is 0.508 e. The summed E-state index contributed by atoms with van der Waals surface area (Å²) in [6.07, 6.45) is 0. The van der Waals surface area contributed by atoms with Crippen molar-refractivity contribution < 1.29 is 14.8 Å². The molecule has 0 saturated heterocycles. The molecule has 108 valence electrons. The Morgan fingerprint density at radius 1 is 1.29 bits per heavy atom. The highest BCUT2D eigenvalue weighted by Gasteiger charge is 2.19. The van der Waals surface area contributed by atoms with E-state index in [1.165, 1.54) is 24.3 Å². The maximum absolute atomic E-state index is 12.0. The standard InChI is InChI=1S/C12H7Cl2N3O4/c13-10-4-2-7(11(14)16-10)12(19)15-8-3-1-6(18)5-9(8)17(20)21/h1-5,18H,(H,15,19). The van der Waals surface area contributed by atoms with E-state index in [2.05, 4.69) is 10.3 Å². The predicted molar refractivity (Wildman–Crippen MR) is 77.0 cm³/mol. The number of anilines is 1. The van der Waals surface area contributed by atoms with Crippen LogP contribution in [0.15, 0.2) is 30.3 Å². The summed E-state index contributed by atoms with van der Waals surface area (Å²) >= 11 is 11.4. The van der Waals surface area contributed by atoms with Gasteiger partial charge in [0.15, 0.2) is 0 Å². The Morgan fingerprint density at radius 2 is 2.00 bits per heavy atom. The number of phenolic OH excluding ortho intramolecular Hbond substituents is 1. The molecule has 0 bridgehead atoms. The fourth-order valence-corrected chi connectivity index (χ4v) is 1.98. The lowest BCUT2D eigenvalue weighted by Crippen LogP contribution is -2.14. The van der Waals surface area contributed by atoms with E-state index in [-0.39, 0.29) is 27.3 Å². The van der Waals surface area contributed by atoms with Gasteiger partial charge >= 0.3 is 0 Å². The first-order valence-corrected chi connectivity index (χ1v) is 6.25. The van der Waals surface area contributed by atoms with Crippen LogP contribution in [0.4, 0.5) is 11.4 Å². The van der Waals surface area contributed by atoms with Gasteiger partial charge in [0, 0.05) is 0 Å². The molecule has 2 N–H and O–H groups in total. The maximum atomic E-state index is 12.0. The van der Waals surface area contributed by atoms with Crippen molar-refractivity contribution in [2.45, 2.75) is 0 Å². The molecule has 0 atom stereocenters. The molecule has 2 aromatic rings. The van der Waals surface area contributed by atoms with E-state index in [0.29, 0.717) is 0 Å². The van der Waals surface area contributed by atoms with E-state index in [1.807, 2.05) is 0 Å². The summed E-state index contributed by atoms with van der Waals surface area (Å²) in [5.41, 5.74) is -0.501. The molecule has 0 radical (unpaired) electrons. The smallest absolute Gasteiger partial charge is 0.296 e.